The highest BCUT2D eigenvalue weighted by Gasteiger charge is 2.28. The molecule has 1 aliphatic rings. The quantitative estimate of drug-likeness (QED) is 0.0822. The fourth-order valence-corrected chi connectivity index (χ4v) is 8.37. The fraction of sp³-hybridized carbons (Fsp3) is 0.207. The smallest absolute Gasteiger partial charge is 0.297 e. The van der Waals surface area contributed by atoms with Gasteiger partial charge in [-0.25, -0.2) is 8.42 Å². The first kappa shape index (κ1) is 38.7. The number of aromatic nitrogens is 3. The largest absolute Gasteiger partial charge is 0.505 e. The molecule has 0 atom stereocenters. The van der Waals surface area contributed by atoms with Gasteiger partial charge in [0.2, 0.25) is 21.7 Å². The Balaban J connectivity index is 1.61. The van der Waals surface area contributed by atoms with Crippen molar-refractivity contribution < 1.29 is 62.3 Å². The molecule has 1 fully saturated rings. The van der Waals surface area contributed by atoms with Gasteiger partial charge in [0.25, 0.3) is 35.5 Å². The highest BCUT2D eigenvalue weighted by atomic mass is 32.2. The molecule has 5 aromatic rings. The third kappa shape index (κ3) is 7.93. The van der Waals surface area contributed by atoms with Gasteiger partial charge in [-0.05, 0) is 35.0 Å². The number of aliphatic hydroxyl groups is 1. The second-order valence-corrected chi connectivity index (χ2v) is 17.6. The zero-order valence-corrected chi connectivity index (χ0v) is 30.4. The molecule has 54 heavy (non-hydrogen) atoms. The van der Waals surface area contributed by atoms with Gasteiger partial charge in [0, 0.05) is 23.9 Å². The van der Waals surface area contributed by atoms with Crippen LogP contribution in [0.25, 0.3) is 21.5 Å². The minimum atomic E-state index is -5.34. The number of sulfone groups is 1. The molecule has 0 amide bonds. The maximum absolute atomic E-state index is 13.0. The average Bonchev–Trinajstić information content (AvgIpc) is 3.09. The van der Waals surface area contributed by atoms with Gasteiger partial charge in [-0.15, -0.1) is 10.2 Å². The molecule has 1 aromatic heterocycles. The summed E-state index contributed by atoms with van der Waals surface area (Å²) in [6.45, 7) is 0.0835. The third-order valence-corrected chi connectivity index (χ3v) is 12.0. The summed E-state index contributed by atoms with van der Waals surface area (Å²) in [5.74, 6) is -2.64. The molecule has 0 spiro atoms. The Kier molecular flexibility index (Phi) is 10.3. The van der Waals surface area contributed by atoms with Gasteiger partial charge in [-0.3, -0.25) is 13.7 Å². The number of ether oxygens (including phenoxy) is 1. The Morgan fingerprint density at radius 3 is 2.15 bits per heavy atom. The van der Waals surface area contributed by atoms with Crippen molar-refractivity contribution in [3.05, 3.63) is 54.6 Å². The molecular weight excluding hydrogens is 799 g/mol. The van der Waals surface area contributed by atoms with E-state index >= 15 is 0 Å². The molecule has 1 aliphatic heterocycles. The first-order chi connectivity index (χ1) is 25.3. The second kappa shape index (κ2) is 14.3. The number of rotatable bonds is 11. The van der Waals surface area contributed by atoms with Gasteiger partial charge in [-0.2, -0.15) is 40.2 Å². The molecule has 4 aromatic carbocycles. The summed E-state index contributed by atoms with van der Waals surface area (Å²) in [6, 6.07) is 10.6. The van der Waals surface area contributed by atoms with E-state index in [1.165, 1.54) is 24.3 Å². The number of fused-ring (bicyclic) bond motifs is 2. The van der Waals surface area contributed by atoms with E-state index in [0.717, 1.165) is 18.2 Å². The molecule has 2 heterocycles. The number of aliphatic hydroxyl groups excluding tert-OH is 1. The molecule has 286 valence electrons. The van der Waals surface area contributed by atoms with E-state index in [2.05, 4.69) is 30.5 Å². The summed E-state index contributed by atoms with van der Waals surface area (Å²) in [4.78, 5) is 10.9. The number of anilines is 3. The van der Waals surface area contributed by atoms with Crippen LogP contribution in [0, 0.1) is 0 Å². The number of hydrogen-bond acceptors (Lipinski definition) is 18. The lowest BCUT2D eigenvalue weighted by Gasteiger charge is -2.27. The minimum absolute atomic E-state index is 0.00702. The maximum atomic E-state index is 13.0. The average molecular weight is 826 g/mol. The van der Waals surface area contributed by atoms with Crippen LogP contribution < -0.4 is 10.2 Å². The van der Waals surface area contributed by atoms with Crippen molar-refractivity contribution in [3.63, 3.8) is 0 Å². The number of benzene rings is 4. The third-order valence-electron chi connectivity index (χ3n) is 7.86. The normalized spacial score (nSPS) is 14.6. The van der Waals surface area contributed by atoms with Gasteiger partial charge in [0.1, 0.15) is 21.2 Å². The molecule has 25 heteroatoms. The Morgan fingerprint density at radius 1 is 0.796 bits per heavy atom. The Morgan fingerprint density at radius 2 is 1.50 bits per heavy atom. The number of azo groups is 1. The van der Waals surface area contributed by atoms with E-state index in [1.807, 2.05) is 0 Å². The van der Waals surface area contributed by atoms with Crippen molar-refractivity contribution in [2.75, 3.05) is 48.9 Å². The fourth-order valence-electron chi connectivity index (χ4n) is 5.46. The monoisotopic (exact) mass is 825 g/mol. The SMILES string of the molecule is O=S(=O)(O)c1cc(Nc2nc(N3CCOCC3)nc(S(=O)(=O)CCO)n2)c2c(O)c(N=Nc3ccc4ccccc4c3S(=O)(=O)O)c(S(=O)(=O)O)cc2c1. The van der Waals surface area contributed by atoms with Crippen molar-refractivity contribution >= 4 is 90.7 Å². The van der Waals surface area contributed by atoms with E-state index in [4.69, 9.17) is 4.74 Å². The van der Waals surface area contributed by atoms with E-state index < -0.39 is 112 Å². The summed E-state index contributed by atoms with van der Waals surface area (Å²) in [5, 5.41) is 29.7. The number of hydrogen-bond donors (Lipinski definition) is 6. The molecule has 0 unspecified atom stereocenters. The van der Waals surface area contributed by atoms with Gasteiger partial charge in [0.15, 0.2) is 5.75 Å². The zero-order chi connectivity index (χ0) is 39.2. The molecule has 0 radical (unpaired) electrons. The van der Waals surface area contributed by atoms with Crippen LogP contribution in [0.5, 0.6) is 5.75 Å². The van der Waals surface area contributed by atoms with E-state index in [1.54, 1.807) is 11.0 Å². The summed E-state index contributed by atoms with van der Waals surface area (Å²) < 4.78 is 136. The van der Waals surface area contributed by atoms with E-state index in [9.17, 15) is 57.5 Å². The van der Waals surface area contributed by atoms with Crippen LogP contribution in [0.15, 0.2) is 84.7 Å². The molecule has 6 rings (SSSR count). The zero-order valence-electron chi connectivity index (χ0n) is 27.2. The number of morpholine rings is 1. The molecule has 21 nitrogen and oxygen atoms in total. The first-order valence-corrected chi connectivity index (χ1v) is 21.1. The molecular formula is C29H27N7O14S4. The van der Waals surface area contributed by atoms with Crippen molar-refractivity contribution in [2.24, 2.45) is 10.2 Å². The number of phenols is 1. The predicted molar refractivity (Wildman–Crippen MR) is 188 cm³/mol. The molecule has 0 saturated carbocycles. The van der Waals surface area contributed by atoms with Crippen LogP contribution in [-0.4, -0.2) is 111 Å². The molecule has 1 saturated heterocycles. The molecule has 0 aliphatic carbocycles. The van der Waals surface area contributed by atoms with Crippen molar-refractivity contribution in [3.8, 4) is 5.75 Å². The van der Waals surface area contributed by atoms with Crippen molar-refractivity contribution in [1.29, 1.82) is 0 Å². The lowest BCUT2D eigenvalue weighted by molar-refractivity contribution is 0.122. The topological polar surface area (TPSA) is 326 Å². The summed E-state index contributed by atoms with van der Waals surface area (Å²) in [5.41, 5.74) is -2.02. The minimum Gasteiger partial charge on any atom is -0.505 e. The van der Waals surface area contributed by atoms with Crippen molar-refractivity contribution in [2.45, 2.75) is 19.8 Å². The predicted octanol–water partition coefficient (Wildman–Crippen LogP) is 2.39. The van der Waals surface area contributed by atoms with E-state index in [0.29, 0.717) is 11.5 Å². The molecule has 0 bridgehead atoms. The number of nitrogens with one attached hydrogen (secondary N) is 1. The maximum Gasteiger partial charge on any atom is 0.297 e. The Hall–Kier alpha value is -4.99. The van der Waals surface area contributed by atoms with Crippen LogP contribution in [0.4, 0.5) is 29.0 Å². The lowest BCUT2D eigenvalue weighted by Crippen LogP contribution is -2.37. The number of aromatic hydroxyl groups is 1. The summed E-state index contributed by atoms with van der Waals surface area (Å²) in [6.07, 6.45) is 0. The summed E-state index contributed by atoms with van der Waals surface area (Å²) >= 11 is 0. The first-order valence-electron chi connectivity index (χ1n) is 15.2. The van der Waals surface area contributed by atoms with Gasteiger partial charge >= 0.3 is 0 Å². The molecule has 6 N–H and O–H groups in total. The number of nitrogens with zero attached hydrogens (tertiary/aromatic N) is 6. The van der Waals surface area contributed by atoms with Crippen LogP contribution >= 0.6 is 0 Å². The van der Waals surface area contributed by atoms with Crippen LogP contribution in [-0.2, 0) is 44.9 Å². The van der Waals surface area contributed by atoms with Crippen LogP contribution in [0.3, 0.4) is 0 Å². The Labute approximate surface area is 306 Å². The van der Waals surface area contributed by atoms with Gasteiger partial charge in [0.05, 0.1) is 36.2 Å². The van der Waals surface area contributed by atoms with E-state index in [-0.39, 0.29) is 37.6 Å². The highest BCUT2D eigenvalue weighted by Crippen LogP contribution is 2.46. The second-order valence-electron chi connectivity index (χ2n) is 11.4. The van der Waals surface area contributed by atoms with Gasteiger partial charge < -0.3 is 25.2 Å². The standard InChI is InChI=1S/C29H27N7O14S4/c37-9-12-51(39,40)29-32-27(31-28(33-29)36-7-10-50-11-8-36)30-21-15-18(52(41,42)43)13-17-14-22(53(44,45)46)24(25(38)23(17)21)35-34-20-6-5-16-3-1-2-4-19(16)26(20)54(47,48)49/h1-6,13-15,37-38H,7-12H2,(H,41,42,43)(H,44,45,46)(H,47,48,49)(H,30,31,32,33). The van der Waals surface area contributed by atoms with Crippen molar-refractivity contribution in [1.82, 2.24) is 15.0 Å². The van der Waals surface area contributed by atoms with Crippen LogP contribution in [0.2, 0.25) is 0 Å². The Bertz CT molecular complexity index is 2810. The summed E-state index contributed by atoms with van der Waals surface area (Å²) in [7, 11) is -19.8. The number of phenolic OH excluding ortho intramolecular Hbond substituents is 1. The highest BCUT2D eigenvalue weighted by molar-refractivity contribution is 7.91. The van der Waals surface area contributed by atoms with Gasteiger partial charge in [-0.1, -0.05) is 30.3 Å². The van der Waals surface area contributed by atoms with Crippen LogP contribution in [0.1, 0.15) is 0 Å². The lowest BCUT2D eigenvalue weighted by atomic mass is 10.1.